The van der Waals surface area contributed by atoms with Gasteiger partial charge in [0.2, 0.25) is 0 Å². The van der Waals surface area contributed by atoms with Crippen LogP contribution in [0.5, 0.6) is 0 Å². The number of anilines is 2. The lowest BCUT2D eigenvalue weighted by Gasteiger charge is -2.23. The molecule has 1 aromatic carbocycles. The van der Waals surface area contributed by atoms with E-state index >= 15 is 0 Å². The average molecular weight is 255 g/mol. The highest BCUT2D eigenvalue weighted by Crippen LogP contribution is 2.29. The Morgan fingerprint density at radius 1 is 1.29 bits per heavy atom. The predicted molar refractivity (Wildman–Crippen MR) is 78.4 cm³/mol. The summed E-state index contributed by atoms with van der Waals surface area (Å²) in [7, 11) is 4.10. The summed E-state index contributed by atoms with van der Waals surface area (Å²) in [6, 6.07) is 6.53. The third-order valence-corrected chi connectivity index (χ3v) is 3.17. The number of benzene rings is 1. The van der Waals surface area contributed by atoms with Gasteiger partial charge < -0.3 is 10.2 Å². The number of nitrogens with one attached hydrogen (secondary N) is 1. The monoisotopic (exact) mass is 254 g/mol. The predicted octanol–water partition coefficient (Wildman–Crippen LogP) is 4.40. The van der Waals surface area contributed by atoms with Crippen molar-refractivity contribution >= 4 is 23.0 Å². The van der Waals surface area contributed by atoms with E-state index in [0.717, 1.165) is 17.1 Å². The molecule has 0 aliphatic carbocycles. The molecule has 0 saturated carbocycles. The number of rotatable bonds is 6. The second kappa shape index (κ2) is 6.75. The Kier molecular flexibility index (Phi) is 5.63. The average Bonchev–Trinajstić information content (AvgIpc) is 2.28. The van der Waals surface area contributed by atoms with Crippen LogP contribution < -0.4 is 10.2 Å². The quantitative estimate of drug-likeness (QED) is 0.810. The van der Waals surface area contributed by atoms with Gasteiger partial charge in [-0.15, -0.1) is 0 Å². The fourth-order valence-corrected chi connectivity index (χ4v) is 2.13. The van der Waals surface area contributed by atoms with E-state index < -0.39 is 0 Å². The van der Waals surface area contributed by atoms with Gasteiger partial charge in [-0.3, -0.25) is 0 Å². The van der Waals surface area contributed by atoms with Crippen molar-refractivity contribution < 1.29 is 0 Å². The van der Waals surface area contributed by atoms with E-state index in [1.807, 2.05) is 12.1 Å². The van der Waals surface area contributed by atoms with E-state index in [9.17, 15) is 0 Å². The third-order valence-electron chi connectivity index (χ3n) is 2.93. The number of nitrogens with zero attached hydrogens (tertiary/aromatic N) is 1. The van der Waals surface area contributed by atoms with Crippen molar-refractivity contribution in [1.82, 2.24) is 0 Å². The Morgan fingerprint density at radius 3 is 2.53 bits per heavy atom. The molecule has 0 fully saturated rings. The number of hydrogen-bond acceptors (Lipinski definition) is 2. The summed E-state index contributed by atoms with van der Waals surface area (Å²) in [5, 5.41) is 4.38. The molecule has 0 heterocycles. The molecule has 17 heavy (non-hydrogen) atoms. The zero-order valence-corrected chi connectivity index (χ0v) is 12.0. The zero-order valence-electron chi connectivity index (χ0n) is 11.3. The highest BCUT2D eigenvalue weighted by molar-refractivity contribution is 6.31. The molecule has 0 amide bonds. The van der Waals surface area contributed by atoms with Crippen molar-refractivity contribution in [3.05, 3.63) is 23.2 Å². The molecule has 0 bridgehead atoms. The molecular weight excluding hydrogens is 232 g/mol. The summed E-state index contributed by atoms with van der Waals surface area (Å²) in [4.78, 5) is 2.11. The van der Waals surface area contributed by atoms with E-state index in [-0.39, 0.29) is 0 Å². The first-order valence-electron chi connectivity index (χ1n) is 6.31. The van der Waals surface area contributed by atoms with Crippen LogP contribution in [0, 0.1) is 0 Å². The molecule has 0 aromatic heterocycles. The molecule has 2 nitrogen and oxygen atoms in total. The maximum absolute atomic E-state index is 6.07. The van der Waals surface area contributed by atoms with Gasteiger partial charge in [-0.25, -0.2) is 0 Å². The molecule has 1 atom stereocenters. The van der Waals surface area contributed by atoms with Gasteiger partial charge in [-0.2, -0.15) is 0 Å². The Hall–Kier alpha value is -0.890. The maximum Gasteiger partial charge on any atom is 0.0597 e. The second-order valence-corrected chi connectivity index (χ2v) is 5.03. The first-order valence-corrected chi connectivity index (χ1v) is 6.69. The summed E-state index contributed by atoms with van der Waals surface area (Å²) < 4.78 is 0. The van der Waals surface area contributed by atoms with E-state index in [0.29, 0.717) is 6.04 Å². The van der Waals surface area contributed by atoms with Crippen molar-refractivity contribution in [1.29, 1.82) is 0 Å². The first kappa shape index (κ1) is 14.2. The number of halogens is 1. The van der Waals surface area contributed by atoms with Crippen LogP contribution in [0.15, 0.2) is 18.2 Å². The molecule has 3 heteroatoms. The molecule has 1 rings (SSSR count). The van der Waals surface area contributed by atoms with Gasteiger partial charge in [0.15, 0.2) is 0 Å². The molecule has 0 radical (unpaired) electrons. The molecule has 1 unspecified atom stereocenters. The Balaban J connectivity index is 2.90. The van der Waals surface area contributed by atoms with E-state index in [1.165, 1.54) is 18.5 Å². The van der Waals surface area contributed by atoms with Crippen molar-refractivity contribution in [2.24, 2.45) is 0 Å². The molecule has 0 aliphatic rings. The molecule has 1 N–H and O–H groups in total. The van der Waals surface area contributed by atoms with Crippen LogP contribution in [0.4, 0.5) is 11.4 Å². The minimum Gasteiger partial charge on any atom is -0.381 e. The fraction of sp³-hybridized carbons (Fsp3) is 0.571. The van der Waals surface area contributed by atoms with Crippen molar-refractivity contribution in [2.75, 3.05) is 24.3 Å². The van der Waals surface area contributed by atoms with E-state index in [2.05, 4.69) is 44.2 Å². The largest absolute Gasteiger partial charge is 0.381 e. The van der Waals surface area contributed by atoms with Crippen LogP contribution in [0.2, 0.25) is 5.02 Å². The van der Waals surface area contributed by atoms with Gasteiger partial charge in [0.25, 0.3) is 0 Å². The van der Waals surface area contributed by atoms with E-state index in [1.54, 1.807) is 0 Å². The summed E-state index contributed by atoms with van der Waals surface area (Å²) >= 11 is 6.07. The van der Waals surface area contributed by atoms with Crippen LogP contribution >= 0.6 is 11.6 Å². The van der Waals surface area contributed by atoms with Gasteiger partial charge >= 0.3 is 0 Å². The first-order chi connectivity index (χ1) is 8.08. The lowest BCUT2D eigenvalue weighted by Crippen LogP contribution is -2.20. The topological polar surface area (TPSA) is 15.3 Å². The normalized spacial score (nSPS) is 12.3. The summed E-state index contributed by atoms with van der Waals surface area (Å²) in [6.07, 6.45) is 3.52. The fourth-order valence-electron chi connectivity index (χ4n) is 1.96. The van der Waals surface area contributed by atoms with E-state index in [4.69, 9.17) is 11.6 Å². The molecule has 0 saturated heterocycles. The van der Waals surface area contributed by atoms with Gasteiger partial charge in [0.1, 0.15) is 0 Å². The third kappa shape index (κ3) is 4.12. The van der Waals surface area contributed by atoms with Gasteiger partial charge in [-0.05, 0) is 31.0 Å². The summed E-state index contributed by atoms with van der Waals surface area (Å²) in [5.41, 5.74) is 2.31. The van der Waals surface area contributed by atoms with Crippen molar-refractivity contribution in [3.63, 3.8) is 0 Å². The van der Waals surface area contributed by atoms with Crippen LogP contribution in [0.25, 0.3) is 0 Å². The SMILES string of the molecule is CCCC(CC)Nc1cc(Cl)ccc1N(C)C. The van der Waals surface area contributed by atoms with Gasteiger partial charge in [0.05, 0.1) is 11.4 Å². The molecule has 0 spiro atoms. The van der Waals surface area contributed by atoms with Crippen LogP contribution in [0.1, 0.15) is 33.1 Å². The molecule has 0 aliphatic heterocycles. The van der Waals surface area contributed by atoms with Crippen LogP contribution in [0.3, 0.4) is 0 Å². The number of hydrogen-bond donors (Lipinski definition) is 1. The highest BCUT2D eigenvalue weighted by atomic mass is 35.5. The molecule has 1 aromatic rings. The van der Waals surface area contributed by atoms with Crippen LogP contribution in [-0.2, 0) is 0 Å². The molecular formula is C14H23ClN2. The highest BCUT2D eigenvalue weighted by Gasteiger charge is 2.10. The second-order valence-electron chi connectivity index (χ2n) is 4.59. The zero-order chi connectivity index (χ0) is 12.8. The molecule has 96 valence electrons. The van der Waals surface area contributed by atoms with Gasteiger partial charge in [-0.1, -0.05) is 31.9 Å². The van der Waals surface area contributed by atoms with Crippen molar-refractivity contribution in [3.8, 4) is 0 Å². The summed E-state index contributed by atoms with van der Waals surface area (Å²) in [5.74, 6) is 0. The lowest BCUT2D eigenvalue weighted by atomic mass is 10.1. The summed E-state index contributed by atoms with van der Waals surface area (Å²) in [6.45, 7) is 4.43. The minimum atomic E-state index is 0.525. The maximum atomic E-state index is 6.07. The van der Waals surface area contributed by atoms with Crippen LogP contribution in [-0.4, -0.2) is 20.1 Å². The van der Waals surface area contributed by atoms with Crippen molar-refractivity contribution in [2.45, 2.75) is 39.2 Å². The smallest absolute Gasteiger partial charge is 0.0597 e. The Bertz CT molecular complexity index is 350. The Morgan fingerprint density at radius 2 is 2.00 bits per heavy atom. The Labute approximate surface area is 110 Å². The minimum absolute atomic E-state index is 0.525. The lowest BCUT2D eigenvalue weighted by molar-refractivity contribution is 0.623. The van der Waals surface area contributed by atoms with Gasteiger partial charge in [0, 0.05) is 25.2 Å². The standard InChI is InChI=1S/C14H23ClN2/c1-5-7-12(6-2)16-13-10-11(15)8-9-14(13)17(3)4/h8-10,12,16H,5-7H2,1-4H3.